The van der Waals surface area contributed by atoms with Gasteiger partial charge < -0.3 is 18.7 Å². The molecule has 4 nitrogen and oxygen atoms in total. The molecule has 1 atom stereocenters. The number of aromatic hydroxyl groups is 1. The van der Waals surface area contributed by atoms with Crippen LogP contribution in [0, 0.1) is 0 Å². The molecule has 5 heteroatoms. The maximum atomic E-state index is 9.38. The number of benzene rings is 1. The van der Waals surface area contributed by atoms with E-state index >= 15 is 0 Å². The zero-order chi connectivity index (χ0) is 14.8. The van der Waals surface area contributed by atoms with Gasteiger partial charge in [-0.3, -0.25) is 0 Å². The van der Waals surface area contributed by atoms with Crippen LogP contribution in [-0.4, -0.2) is 18.3 Å². The molecule has 0 radical (unpaired) electrons. The number of phenolic OH excluding ortho intramolecular Hbond substituents is 1. The molecule has 0 spiro atoms. The molecule has 0 aliphatic rings. The van der Waals surface area contributed by atoms with Gasteiger partial charge in [-0.15, -0.1) is 0 Å². The van der Waals surface area contributed by atoms with E-state index in [0.717, 1.165) is 24.8 Å². The van der Waals surface area contributed by atoms with Crippen LogP contribution in [0.2, 0.25) is 0 Å². The summed E-state index contributed by atoms with van der Waals surface area (Å²) in [6, 6.07) is 7.14. The first-order valence-electron chi connectivity index (χ1n) is 7.22. The van der Waals surface area contributed by atoms with Crippen LogP contribution >= 0.6 is 8.60 Å². The Bertz CT molecular complexity index is 349. The first-order chi connectivity index (χ1) is 9.71. The van der Waals surface area contributed by atoms with Crippen molar-refractivity contribution in [1.29, 1.82) is 0 Å². The lowest BCUT2D eigenvalue weighted by molar-refractivity contribution is 0.117. The van der Waals surface area contributed by atoms with E-state index in [-0.39, 0.29) is 11.9 Å². The molecule has 1 aromatic rings. The smallest absolute Gasteiger partial charge is 0.333 e. The molecule has 0 fully saturated rings. The summed E-state index contributed by atoms with van der Waals surface area (Å²) in [7, 11) is -1.31. The van der Waals surface area contributed by atoms with Gasteiger partial charge in [-0.05, 0) is 38.0 Å². The molecular formula is C15H25O4P. The van der Waals surface area contributed by atoms with Crippen LogP contribution in [0.1, 0.15) is 51.7 Å². The van der Waals surface area contributed by atoms with Crippen molar-refractivity contribution in [2.24, 2.45) is 0 Å². The third-order valence-corrected chi connectivity index (χ3v) is 4.13. The molecule has 0 amide bonds. The maximum absolute atomic E-state index is 9.38. The van der Waals surface area contributed by atoms with Gasteiger partial charge in [0.1, 0.15) is 5.75 Å². The van der Waals surface area contributed by atoms with Crippen LogP contribution in [0.3, 0.4) is 0 Å². The molecule has 0 aromatic heterocycles. The number of rotatable bonds is 10. The molecule has 1 rings (SSSR count). The molecular weight excluding hydrogens is 275 g/mol. The summed E-state index contributed by atoms with van der Waals surface area (Å²) in [5.74, 6) is 0.264. The van der Waals surface area contributed by atoms with E-state index in [1.54, 1.807) is 12.1 Å². The average molecular weight is 300 g/mol. The van der Waals surface area contributed by atoms with Crippen molar-refractivity contribution < 1.29 is 18.7 Å². The summed E-state index contributed by atoms with van der Waals surface area (Å²) in [5, 5.41) is 9.38. The Balaban J connectivity index is 2.73. The Labute approximate surface area is 123 Å². The highest BCUT2D eigenvalue weighted by Gasteiger charge is 2.20. The Morgan fingerprint density at radius 1 is 1.05 bits per heavy atom. The van der Waals surface area contributed by atoms with E-state index in [1.807, 2.05) is 26.0 Å². The second kappa shape index (κ2) is 10.1. The van der Waals surface area contributed by atoms with Crippen LogP contribution in [0.25, 0.3) is 0 Å². The minimum Gasteiger partial charge on any atom is -0.508 e. The summed E-state index contributed by atoms with van der Waals surface area (Å²) in [6.07, 6.45) is 3.05. The number of hydrogen-bond donors (Lipinski definition) is 1. The monoisotopic (exact) mass is 300 g/mol. The normalized spacial score (nSPS) is 12.8. The van der Waals surface area contributed by atoms with E-state index in [2.05, 4.69) is 6.92 Å². The van der Waals surface area contributed by atoms with Gasteiger partial charge in [-0.2, -0.15) is 0 Å². The molecule has 0 aliphatic carbocycles. The Morgan fingerprint density at radius 3 is 2.15 bits per heavy atom. The van der Waals surface area contributed by atoms with Crippen LogP contribution in [0.5, 0.6) is 5.75 Å². The van der Waals surface area contributed by atoms with Gasteiger partial charge in [0, 0.05) is 0 Å². The standard InChI is InChI=1S/C15H25O4P/c1-4-7-8-15(13-9-11-14(16)12-10-13)19-20(17-5-2)18-6-3/h9-12,15-16H,4-8H2,1-3H3. The van der Waals surface area contributed by atoms with E-state index in [9.17, 15) is 5.11 Å². The fraction of sp³-hybridized carbons (Fsp3) is 0.600. The minimum absolute atomic E-state index is 0.0558. The summed E-state index contributed by atoms with van der Waals surface area (Å²) in [6.45, 7) is 7.16. The van der Waals surface area contributed by atoms with Crippen molar-refractivity contribution in [3.8, 4) is 5.75 Å². The largest absolute Gasteiger partial charge is 0.508 e. The average Bonchev–Trinajstić information content (AvgIpc) is 2.45. The van der Waals surface area contributed by atoms with Crippen LogP contribution in [0.15, 0.2) is 24.3 Å². The second-order valence-corrected chi connectivity index (χ2v) is 5.56. The van der Waals surface area contributed by atoms with Crippen molar-refractivity contribution >= 4 is 8.60 Å². The van der Waals surface area contributed by atoms with Gasteiger partial charge in [-0.1, -0.05) is 31.9 Å². The predicted molar refractivity (Wildman–Crippen MR) is 81.6 cm³/mol. The molecule has 1 aromatic carbocycles. The van der Waals surface area contributed by atoms with Crippen molar-refractivity contribution in [2.75, 3.05) is 13.2 Å². The SMILES string of the molecule is CCCCC(OP(OCC)OCC)c1ccc(O)cc1. The summed E-state index contributed by atoms with van der Waals surface area (Å²) in [5.41, 5.74) is 1.04. The molecule has 0 saturated heterocycles. The number of phenols is 1. The quantitative estimate of drug-likeness (QED) is 0.622. The van der Waals surface area contributed by atoms with Crippen LogP contribution in [-0.2, 0) is 13.6 Å². The Morgan fingerprint density at radius 2 is 1.65 bits per heavy atom. The molecule has 0 bridgehead atoms. The van der Waals surface area contributed by atoms with Crippen molar-refractivity contribution in [1.82, 2.24) is 0 Å². The number of hydrogen-bond acceptors (Lipinski definition) is 4. The van der Waals surface area contributed by atoms with E-state index in [0.29, 0.717) is 13.2 Å². The van der Waals surface area contributed by atoms with Crippen molar-refractivity contribution in [2.45, 2.75) is 46.1 Å². The van der Waals surface area contributed by atoms with E-state index in [4.69, 9.17) is 13.6 Å². The van der Waals surface area contributed by atoms with E-state index < -0.39 is 8.60 Å². The maximum Gasteiger partial charge on any atom is 0.333 e. The third kappa shape index (κ3) is 6.19. The molecule has 20 heavy (non-hydrogen) atoms. The molecule has 114 valence electrons. The fourth-order valence-electron chi connectivity index (χ4n) is 1.77. The topological polar surface area (TPSA) is 47.9 Å². The predicted octanol–water partition coefficient (Wildman–Crippen LogP) is 4.94. The lowest BCUT2D eigenvalue weighted by Crippen LogP contribution is -2.04. The zero-order valence-electron chi connectivity index (χ0n) is 12.5. The second-order valence-electron chi connectivity index (χ2n) is 4.39. The lowest BCUT2D eigenvalue weighted by atomic mass is 10.0. The van der Waals surface area contributed by atoms with Gasteiger partial charge in [-0.25, -0.2) is 0 Å². The number of unbranched alkanes of at least 4 members (excludes halogenated alkanes) is 1. The van der Waals surface area contributed by atoms with Gasteiger partial charge in [0.15, 0.2) is 0 Å². The Hall–Kier alpha value is -0.670. The zero-order valence-corrected chi connectivity index (χ0v) is 13.4. The highest BCUT2D eigenvalue weighted by molar-refractivity contribution is 7.41. The summed E-state index contributed by atoms with van der Waals surface area (Å²) in [4.78, 5) is 0. The van der Waals surface area contributed by atoms with Gasteiger partial charge >= 0.3 is 8.60 Å². The first kappa shape index (κ1) is 17.4. The fourth-order valence-corrected chi connectivity index (χ4v) is 2.82. The lowest BCUT2D eigenvalue weighted by Gasteiger charge is -2.23. The molecule has 1 N–H and O–H groups in total. The van der Waals surface area contributed by atoms with Gasteiger partial charge in [0.25, 0.3) is 0 Å². The Kier molecular flexibility index (Phi) is 8.79. The minimum atomic E-state index is -1.31. The van der Waals surface area contributed by atoms with Gasteiger partial charge in [0.2, 0.25) is 0 Å². The van der Waals surface area contributed by atoms with Crippen LogP contribution < -0.4 is 0 Å². The molecule has 1 unspecified atom stereocenters. The van der Waals surface area contributed by atoms with Crippen molar-refractivity contribution in [3.63, 3.8) is 0 Å². The molecule has 0 heterocycles. The highest BCUT2D eigenvalue weighted by Crippen LogP contribution is 2.46. The highest BCUT2D eigenvalue weighted by atomic mass is 31.2. The van der Waals surface area contributed by atoms with E-state index in [1.165, 1.54) is 0 Å². The molecule has 0 saturated carbocycles. The third-order valence-electron chi connectivity index (χ3n) is 2.77. The van der Waals surface area contributed by atoms with Crippen molar-refractivity contribution in [3.05, 3.63) is 29.8 Å². The summed E-state index contributed by atoms with van der Waals surface area (Å²) >= 11 is 0. The van der Waals surface area contributed by atoms with Gasteiger partial charge in [0.05, 0.1) is 19.3 Å². The summed E-state index contributed by atoms with van der Waals surface area (Å²) < 4.78 is 17.0. The van der Waals surface area contributed by atoms with Crippen LogP contribution in [0.4, 0.5) is 0 Å². The first-order valence-corrected chi connectivity index (χ1v) is 8.32. The molecule has 0 aliphatic heterocycles.